The number of fused-ring (bicyclic) bond motifs is 2. The first-order valence-electron chi connectivity index (χ1n) is 11.1. The highest BCUT2D eigenvalue weighted by molar-refractivity contribution is 5.96. The molecule has 0 aliphatic carbocycles. The van der Waals surface area contributed by atoms with E-state index in [1.165, 1.54) is 16.8 Å². The van der Waals surface area contributed by atoms with Crippen molar-refractivity contribution < 1.29 is 9.15 Å². The van der Waals surface area contributed by atoms with Crippen molar-refractivity contribution in [2.45, 2.75) is 40.2 Å². The summed E-state index contributed by atoms with van der Waals surface area (Å²) in [7, 11) is 0. The minimum Gasteiger partial charge on any atom is -0.472 e. The number of nitrogens with zero attached hydrogens (tertiary/aromatic N) is 1. The fourth-order valence-electron chi connectivity index (χ4n) is 4.80. The van der Waals surface area contributed by atoms with E-state index in [1.54, 1.807) is 6.07 Å². The molecule has 1 aromatic heterocycles. The van der Waals surface area contributed by atoms with Gasteiger partial charge in [0.05, 0.1) is 0 Å². The third-order valence-electron chi connectivity index (χ3n) is 6.31. The van der Waals surface area contributed by atoms with Crippen molar-refractivity contribution in [3.05, 3.63) is 93.3 Å². The average Bonchev–Trinajstić information content (AvgIpc) is 2.79. The first kappa shape index (κ1) is 20.4. The molecule has 1 aliphatic rings. The Bertz CT molecular complexity index is 1370. The van der Waals surface area contributed by atoms with E-state index in [0.29, 0.717) is 18.2 Å². The van der Waals surface area contributed by atoms with Gasteiger partial charge in [0.25, 0.3) is 0 Å². The molecule has 0 bridgehead atoms. The topological polar surface area (TPSA) is 42.7 Å². The molecule has 2 heterocycles. The van der Waals surface area contributed by atoms with Crippen molar-refractivity contribution >= 4 is 16.7 Å². The number of hydrogen-bond acceptors (Lipinski definition) is 4. The highest BCUT2D eigenvalue weighted by Gasteiger charge is 2.26. The highest BCUT2D eigenvalue weighted by atomic mass is 16.5. The van der Waals surface area contributed by atoms with Crippen LogP contribution in [0.3, 0.4) is 0 Å². The van der Waals surface area contributed by atoms with Crippen LogP contribution in [0.2, 0.25) is 0 Å². The standard InChI is InChI=1S/C28H27NO3/c1-17(2)22-12-8-9-18(3)26(22)29-15-21-13-24-23(20-10-6-5-7-11-20)14-25(30)32-28(24)19(4)27(21)31-16-29/h5-14,17H,15-16H2,1-4H3. The van der Waals surface area contributed by atoms with Gasteiger partial charge >= 0.3 is 5.63 Å². The molecule has 0 amide bonds. The normalized spacial score (nSPS) is 13.3. The summed E-state index contributed by atoms with van der Waals surface area (Å²) in [4.78, 5) is 14.7. The van der Waals surface area contributed by atoms with Crippen molar-refractivity contribution in [3.8, 4) is 16.9 Å². The molecule has 0 radical (unpaired) electrons. The maximum absolute atomic E-state index is 12.4. The van der Waals surface area contributed by atoms with E-state index in [2.05, 4.69) is 49.9 Å². The van der Waals surface area contributed by atoms with Crippen LogP contribution in [0, 0.1) is 13.8 Å². The number of aryl methyl sites for hydroxylation is 2. The van der Waals surface area contributed by atoms with Crippen LogP contribution in [0.1, 0.15) is 42.0 Å². The number of hydrogen-bond donors (Lipinski definition) is 0. The second-order valence-corrected chi connectivity index (χ2v) is 8.85. The van der Waals surface area contributed by atoms with E-state index in [9.17, 15) is 4.79 Å². The monoisotopic (exact) mass is 425 g/mol. The summed E-state index contributed by atoms with van der Waals surface area (Å²) >= 11 is 0. The third-order valence-corrected chi connectivity index (χ3v) is 6.31. The van der Waals surface area contributed by atoms with E-state index in [1.807, 2.05) is 37.3 Å². The lowest BCUT2D eigenvalue weighted by molar-refractivity contribution is 0.286. The molecule has 0 N–H and O–H groups in total. The summed E-state index contributed by atoms with van der Waals surface area (Å²) in [6, 6.07) is 20.2. The fraction of sp³-hybridized carbons (Fsp3) is 0.250. The molecule has 5 rings (SSSR count). The Labute approximate surface area is 188 Å². The SMILES string of the molecule is Cc1cccc(C(C)C)c1N1COc2c(cc3c(-c4ccccc4)cc(=O)oc3c2C)C1. The van der Waals surface area contributed by atoms with Crippen molar-refractivity contribution in [3.63, 3.8) is 0 Å². The molecule has 0 atom stereocenters. The zero-order valence-electron chi connectivity index (χ0n) is 18.9. The number of anilines is 1. The lowest BCUT2D eigenvalue weighted by atomic mass is 9.95. The largest absolute Gasteiger partial charge is 0.472 e. The molecule has 4 heteroatoms. The second-order valence-electron chi connectivity index (χ2n) is 8.85. The van der Waals surface area contributed by atoms with E-state index < -0.39 is 0 Å². The quantitative estimate of drug-likeness (QED) is 0.349. The Morgan fingerprint density at radius 2 is 1.75 bits per heavy atom. The lowest BCUT2D eigenvalue weighted by Crippen LogP contribution is -2.33. The molecule has 162 valence electrons. The summed E-state index contributed by atoms with van der Waals surface area (Å²) in [5.41, 5.74) is 7.93. The lowest BCUT2D eigenvalue weighted by Gasteiger charge is -2.35. The van der Waals surface area contributed by atoms with Gasteiger partial charge in [0, 0.05) is 34.8 Å². The van der Waals surface area contributed by atoms with Gasteiger partial charge in [-0.25, -0.2) is 4.79 Å². The molecule has 32 heavy (non-hydrogen) atoms. The number of ether oxygens (including phenoxy) is 1. The minimum atomic E-state index is -0.349. The van der Waals surface area contributed by atoms with Gasteiger partial charge in [-0.15, -0.1) is 0 Å². The van der Waals surface area contributed by atoms with Gasteiger partial charge in [-0.2, -0.15) is 0 Å². The van der Waals surface area contributed by atoms with Crippen molar-refractivity contribution in [2.24, 2.45) is 0 Å². The predicted octanol–water partition coefficient (Wildman–Crippen LogP) is 6.56. The first-order chi connectivity index (χ1) is 15.4. The Balaban J connectivity index is 1.68. The van der Waals surface area contributed by atoms with E-state index in [4.69, 9.17) is 9.15 Å². The summed E-state index contributed by atoms with van der Waals surface area (Å²) in [5.74, 6) is 1.24. The number of rotatable bonds is 3. The molecule has 0 fully saturated rings. The number of benzene rings is 3. The molecule has 0 unspecified atom stereocenters. The number of para-hydroxylation sites is 1. The molecule has 0 saturated carbocycles. The van der Waals surface area contributed by atoms with Crippen LogP contribution < -0.4 is 15.3 Å². The third kappa shape index (κ3) is 3.36. The van der Waals surface area contributed by atoms with Gasteiger partial charge in [-0.05, 0) is 48.1 Å². The zero-order valence-corrected chi connectivity index (χ0v) is 18.9. The van der Waals surface area contributed by atoms with Gasteiger partial charge in [0.15, 0.2) is 6.73 Å². The smallest absolute Gasteiger partial charge is 0.336 e. The van der Waals surface area contributed by atoms with E-state index in [0.717, 1.165) is 39.9 Å². The molecule has 3 aromatic carbocycles. The average molecular weight is 426 g/mol. The Hall–Kier alpha value is -3.53. The van der Waals surface area contributed by atoms with Gasteiger partial charge in [0.2, 0.25) is 0 Å². The first-order valence-corrected chi connectivity index (χ1v) is 11.1. The van der Waals surface area contributed by atoms with Crippen molar-refractivity contribution in [2.75, 3.05) is 11.6 Å². The summed E-state index contributed by atoms with van der Waals surface area (Å²) < 4.78 is 11.9. The second kappa shape index (κ2) is 7.86. The van der Waals surface area contributed by atoms with Crippen LogP contribution in [0.4, 0.5) is 5.69 Å². The van der Waals surface area contributed by atoms with Crippen LogP contribution in [0.15, 0.2) is 69.9 Å². The summed E-state index contributed by atoms with van der Waals surface area (Å²) in [5, 5.41) is 0.936. The fourth-order valence-corrected chi connectivity index (χ4v) is 4.80. The highest BCUT2D eigenvalue weighted by Crippen LogP contribution is 2.40. The maximum atomic E-state index is 12.4. The molecular formula is C28H27NO3. The summed E-state index contributed by atoms with van der Waals surface area (Å²) in [6.07, 6.45) is 0. The Morgan fingerprint density at radius 3 is 2.50 bits per heavy atom. The molecule has 0 saturated heterocycles. The predicted molar refractivity (Wildman–Crippen MR) is 130 cm³/mol. The van der Waals surface area contributed by atoms with Gasteiger partial charge in [-0.1, -0.05) is 62.4 Å². The van der Waals surface area contributed by atoms with E-state index >= 15 is 0 Å². The maximum Gasteiger partial charge on any atom is 0.336 e. The van der Waals surface area contributed by atoms with Gasteiger partial charge in [0.1, 0.15) is 11.3 Å². The molecule has 4 nitrogen and oxygen atoms in total. The van der Waals surface area contributed by atoms with E-state index in [-0.39, 0.29) is 5.63 Å². The van der Waals surface area contributed by atoms with Crippen LogP contribution >= 0.6 is 0 Å². The van der Waals surface area contributed by atoms with Crippen LogP contribution in [-0.2, 0) is 6.54 Å². The van der Waals surface area contributed by atoms with Crippen LogP contribution in [0.25, 0.3) is 22.1 Å². The van der Waals surface area contributed by atoms with Crippen molar-refractivity contribution in [1.82, 2.24) is 0 Å². The van der Waals surface area contributed by atoms with Crippen LogP contribution in [-0.4, -0.2) is 6.73 Å². The van der Waals surface area contributed by atoms with Crippen molar-refractivity contribution in [1.29, 1.82) is 0 Å². The summed E-state index contributed by atoms with van der Waals surface area (Å²) in [6.45, 7) is 9.79. The minimum absolute atomic E-state index is 0.349. The Kier molecular flexibility index (Phi) is 5.01. The Morgan fingerprint density at radius 1 is 0.969 bits per heavy atom. The molecule has 4 aromatic rings. The van der Waals surface area contributed by atoms with Crippen LogP contribution in [0.5, 0.6) is 5.75 Å². The molecular weight excluding hydrogens is 398 g/mol. The van der Waals surface area contributed by atoms with Gasteiger partial charge in [-0.3, -0.25) is 0 Å². The molecule has 1 aliphatic heterocycles. The van der Waals surface area contributed by atoms with Gasteiger partial charge < -0.3 is 14.1 Å². The zero-order chi connectivity index (χ0) is 22.4. The molecule has 0 spiro atoms.